The Bertz CT molecular complexity index is 511. The highest BCUT2D eigenvalue weighted by molar-refractivity contribution is 5.88. The van der Waals surface area contributed by atoms with E-state index in [-0.39, 0.29) is 5.75 Å². The highest BCUT2D eigenvalue weighted by Gasteiger charge is 2.43. The van der Waals surface area contributed by atoms with Crippen molar-refractivity contribution in [3.05, 3.63) is 30.3 Å². The zero-order chi connectivity index (χ0) is 15.3. The van der Waals surface area contributed by atoms with Crippen LogP contribution >= 0.6 is 0 Å². The lowest BCUT2D eigenvalue weighted by molar-refractivity contribution is -0.156. The Hall–Kier alpha value is -2.57. The summed E-state index contributed by atoms with van der Waals surface area (Å²) in [6.45, 7) is 2.41. The molecule has 0 heterocycles. The van der Waals surface area contributed by atoms with E-state index < -0.39 is 29.5 Å². The molecule has 1 rings (SSSR count). The Morgan fingerprint density at radius 1 is 1.15 bits per heavy atom. The van der Waals surface area contributed by atoms with Gasteiger partial charge in [0, 0.05) is 0 Å². The van der Waals surface area contributed by atoms with Crippen molar-refractivity contribution in [2.24, 2.45) is 5.41 Å². The number of carbonyl (C=O) groups is 3. The number of carbonyl (C=O) groups excluding carboxylic acids is 1. The molecule has 3 N–H and O–H groups in total. The first-order chi connectivity index (χ1) is 9.25. The lowest BCUT2D eigenvalue weighted by atomic mass is 9.84. The number of rotatable bonds is 5. The third-order valence-corrected chi connectivity index (χ3v) is 2.74. The summed E-state index contributed by atoms with van der Waals surface area (Å²) < 4.78 is 4.86. The van der Waals surface area contributed by atoms with Gasteiger partial charge in [-0.25, -0.2) is 9.59 Å². The van der Waals surface area contributed by atoms with Gasteiger partial charge >= 0.3 is 18.0 Å². The van der Waals surface area contributed by atoms with E-state index >= 15 is 0 Å². The van der Waals surface area contributed by atoms with E-state index in [1.807, 2.05) is 5.32 Å². The molecule has 0 aliphatic heterocycles. The molecule has 0 unspecified atom stereocenters. The molecule has 108 valence electrons. The first kappa shape index (κ1) is 15.5. The predicted octanol–water partition coefficient (Wildman–Crippen LogP) is 1.34. The number of hydrogen-bond acceptors (Lipinski definition) is 4. The normalized spacial score (nSPS) is 12.3. The summed E-state index contributed by atoms with van der Waals surface area (Å²) in [5, 5.41) is 20.1. The number of para-hydroxylation sites is 1. The largest absolute Gasteiger partial charge is 0.481 e. The van der Waals surface area contributed by atoms with E-state index in [1.54, 1.807) is 18.2 Å². The van der Waals surface area contributed by atoms with Crippen molar-refractivity contribution in [2.75, 3.05) is 0 Å². The second-order valence-electron chi connectivity index (χ2n) is 4.65. The smallest absolute Gasteiger partial charge is 0.413 e. The van der Waals surface area contributed by atoms with E-state index in [9.17, 15) is 14.4 Å². The Morgan fingerprint density at radius 2 is 1.70 bits per heavy atom. The summed E-state index contributed by atoms with van der Waals surface area (Å²) in [4.78, 5) is 33.8. The molecule has 0 aliphatic carbocycles. The van der Waals surface area contributed by atoms with Gasteiger partial charge < -0.3 is 20.3 Å². The molecule has 0 saturated carbocycles. The summed E-state index contributed by atoms with van der Waals surface area (Å²) in [6, 6.07) is 6.40. The van der Waals surface area contributed by atoms with Gasteiger partial charge in [-0.3, -0.25) is 4.79 Å². The Kier molecular flexibility index (Phi) is 4.68. The van der Waals surface area contributed by atoms with Gasteiger partial charge in [-0.05, 0) is 26.0 Å². The molecule has 0 fully saturated rings. The van der Waals surface area contributed by atoms with Crippen LogP contribution in [0.15, 0.2) is 30.3 Å². The maximum atomic E-state index is 11.6. The van der Waals surface area contributed by atoms with Crippen LogP contribution in [0.25, 0.3) is 0 Å². The minimum absolute atomic E-state index is 0.224. The van der Waals surface area contributed by atoms with Crippen molar-refractivity contribution >= 4 is 18.0 Å². The summed E-state index contributed by atoms with van der Waals surface area (Å²) in [5.74, 6) is -2.57. The fraction of sp³-hybridized carbons (Fsp3) is 0.308. The number of carboxylic acids is 2. The molecular formula is C13H15NO6. The van der Waals surface area contributed by atoms with Gasteiger partial charge in [0.15, 0.2) is 0 Å². The number of carboxylic acid groups (broad SMARTS) is 2. The van der Waals surface area contributed by atoms with Crippen LogP contribution in [0, 0.1) is 5.41 Å². The number of ether oxygens (including phenoxy) is 1. The molecule has 0 radical (unpaired) electrons. The van der Waals surface area contributed by atoms with Crippen molar-refractivity contribution in [1.82, 2.24) is 5.32 Å². The van der Waals surface area contributed by atoms with Crippen molar-refractivity contribution in [3.8, 4) is 5.75 Å². The molecule has 1 amide bonds. The highest BCUT2D eigenvalue weighted by Crippen LogP contribution is 2.21. The average Bonchev–Trinajstić information content (AvgIpc) is 2.36. The van der Waals surface area contributed by atoms with Crippen LogP contribution in [0.5, 0.6) is 5.75 Å². The van der Waals surface area contributed by atoms with E-state index in [4.69, 9.17) is 14.9 Å². The second-order valence-corrected chi connectivity index (χ2v) is 4.65. The van der Waals surface area contributed by atoms with Crippen LogP contribution in [-0.4, -0.2) is 34.3 Å². The van der Waals surface area contributed by atoms with Crippen molar-refractivity contribution < 1.29 is 29.3 Å². The van der Waals surface area contributed by atoms with Crippen molar-refractivity contribution in [1.29, 1.82) is 0 Å². The monoisotopic (exact) mass is 281 g/mol. The van der Waals surface area contributed by atoms with Gasteiger partial charge in [0.2, 0.25) is 0 Å². The minimum Gasteiger partial charge on any atom is -0.481 e. The van der Waals surface area contributed by atoms with Gasteiger partial charge in [-0.15, -0.1) is 0 Å². The van der Waals surface area contributed by atoms with Crippen LogP contribution in [0.2, 0.25) is 0 Å². The molecule has 0 spiro atoms. The van der Waals surface area contributed by atoms with Gasteiger partial charge in [0.25, 0.3) is 0 Å². The molecule has 1 aromatic carbocycles. The van der Waals surface area contributed by atoms with Gasteiger partial charge in [0.1, 0.15) is 11.8 Å². The Morgan fingerprint density at radius 3 is 2.15 bits per heavy atom. The molecule has 0 aliphatic rings. The van der Waals surface area contributed by atoms with Crippen LogP contribution in [0.1, 0.15) is 13.8 Å². The molecular weight excluding hydrogens is 266 g/mol. The minimum atomic E-state index is -1.68. The first-order valence-corrected chi connectivity index (χ1v) is 5.74. The highest BCUT2D eigenvalue weighted by atomic mass is 16.6. The zero-order valence-electron chi connectivity index (χ0n) is 11.0. The molecule has 20 heavy (non-hydrogen) atoms. The SMILES string of the molecule is CC(C)(C(=O)O)[C@H](NC(=O)Oc1ccccc1)C(=O)O. The summed E-state index contributed by atoms with van der Waals surface area (Å²) in [6.07, 6.45) is -1.03. The average molecular weight is 281 g/mol. The number of hydrogen-bond donors (Lipinski definition) is 3. The fourth-order valence-corrected chi connectivity index (χ4v) is 1.42. The lowest BCUT2D eigenvalue weighted by Gasteiger charge is -2.27. The van der Waals surface area contributed by atoms with Crippen LogP contribution in [0.4, 0.5) is 4.79 Å². The molecule has 1 atom stereocenters. The number of aliphatic carboxylic acids is 2. The van der Waals surface area contributed by atoms with Crippen LogP contribution in [-0.2, 0) is 9.59 Å². The zero-order valence-corrected chi connectivity index (χ0v) is 11.0. The first-order valence-electron chi connectivity index (χ1n) is 5.74. The van der Waals surface area contributed by atoms with Crippen molar-refractivity contribution in [3.63, 3.8) is 0 Å². The summed E-state index contributed by atoms with van der Waals surface area (Å²) in [7, 11) is 0. The van der Waals surface area contributed by atoms with Crippen LogP contribution < -0.4 is 10.1 Å². The van der Waals surface area contributed by atoms with E-state index in [0.717, 1.165) is 0 Å². The number of benzene rings is 1. The molecule has 7 heteroatoms. The Balaban J connectivity index is 2.79. The van der Waals surface area contributed by atoms with Gasteiger partial charge in [-0.2, -0.15) is 0 Å². The van der Waals surface area contributed by atoms with E-state index in [0.29, 0.717) is 0 Å². The number of nitrogens with one attached hydrogen (secondary N) is 1. The van der Waals surface area contributed by atoms with Crippen molar-refractivity contribution in [2.45, 2.75) is 19.9 Å². The number of amides is 1. The Labute approximate surface area is 115 Å². The maximum absolute atomic E-state index is 11.6. The fourth-order valence-electron chi connectivity index (χ4n) is 1.42. The lowest BCUT2D eigenvalue weighted by Crippen LogP contribution is -2.54. The quantitative estimate of drug-likeness (QED) is 0.750. The summed E-state index contributed by atoms with van der Waals surface area (Å²) >= 11 is 0. The van der Waals surface area contributed by atoms with E-state index in [1.165, 1.54) is 26.0 Å². The van der Waals surface area contributed by atoms with E-state index in [2.05, 4.69) is 0 Å². The predicted molar refractivity (Wildman–Crippen MR) is 68.4 cm³/mol. The second kappa shape index (κ2) is 6.05. The van der Waals surface area contributed by atoms with Gasteiger partial charge in [0.05, 0.1) is 5.41 Å². The summed E-state index contributed by atoms with van der Waals surface area (Å²) in [5.41, 5.74) is -1.68. The molecule has 0 aromatic heterocycles. The molecule has 7 nitrogen and oxygen atoms in total. The maximum Gasteiger partial charge on any atom is 0.413 e. The molecule has 0 bridgehead atoms. The topological polar surface area (TPSA) is 113 Å². The third-order valence-electron chi connectivity index (χ3n) is 2.74. The van der Waals surface area contributed by atoms with Gasteiger partial charge in [-0.1, -0.05) is 18.2 Å². The molecule has 0 saturated heterocycles. The molecule has 1 aromatic rings. The standard InChI is InChI=1S/C13H15NO6/c1-13(2,11(17)18)9(10(15)16)14-12(19)20-8-6-4-3-5-7-8/h3-7,9H,1-2H3,(H,14,19)(H,15,16)(H,17,18)/t9-/m1/s1. The third kappa shape index (κ3) is 3.71. The van der Waals surface area contributed by atoms with Crippen LogP contribution in [0.3, 0.4) is 0 Å².